The fourth-order valence-corrected chi connectivity index (χ4v) is 2.88. The van der Waals surface area contributed by atoms with Crippen molar-refractivity contribution in [1.29, 1.82) is 0 Å². The zero-order valence-corrected chi connectivity index (χ0v) is 12.9. The first-order chi connectivity index (χ1) is 10.6. The summed E-state index contributed by atoms with van der Waals surface area (Å²) in [4.78, 5) is 27.3. The summed E-state index contributed by atoms with van der Waals surface area (Å²) in [7, 11) is 0. The van der Waals surface area contributed by atoms with E-state index in [4.69, 9.17) is 0 Å². The van der Waals surface area contributed by atoms with Gasteiger partial charge in [-0.1, -0.05) is 0 Å². The molecule has 0 aliphatic carbocycles. The van der Waals surface area contributed by atoms with Gasteiger partial charge in [0.05, 0.1) is 11.1 Å². The maximum Gasteiger partial charge on any atom is 0.259 e. The molecule has 0 saturated heterocycles. The van der Waals surface area contributed by atoms with Gasteiger partial charge in [0, 0.05) is 29.2 Å². The second-order valence-corrected chi connectivity index (χ2v) is 6.02. The maximum absolute atomic E-state index is 12.5. The SMILES string of the molecule is CC(C)n1cc(C(=O)Nc2nccs2)c2ccc(N=O)cc21. The summed E-state index contributed by atoms with van der Waals surface area (Å²) >= 11 is 1.36. The number of nitrogens with zero attached hydrogens (tertiary/aromatic N) is 3. The van der Waals surface area contributed by atoms with Crippen molar-refractivity contribution in [2.75, 3.05) is 5.32 Å². The molecule has 0 fully saturated rings. The normalized spacial score (nSPS) is 11.0. The lowest BCUT2D eigenvalue weighted by Gasteiger charge is -2.08. The van der Waals surface area contributed by atoms with Gasteiger partial charge in [0.2, 0.25) is 0 Å². The van der Waals surface area contributed by atoms with Crippen LogP contribution in [0.1, 0.15) is 30.2 Å². The molecule has 0 aliphatic rings. The molecular formula is C15H14N4O2S. The van der Waals surface area contributed by atoms with Gasteiger partial charge in [-0.3, -0.25) is 10.1 Å². The molecule has 0 spiro atoms. The van der Waals surface area contributed by atoms with E-state index in [1.54, 1.807) is 36.0 Å². The number of fused-ring (bicyclic) bond motifs is 1. The topological polar surface area (TPSA) is 76.3 Å². The van der Waals surface area contributed by atoms with Crippen molar-refractivity contribution < 1.29 is 4.79 Å². The fourth-order valence-electron chi connectivity index (χ4n) is 2.35. The molecule has 0 unspecified atom stereocenters. The quantitative estimate of drug-likeness (QED) is 0.728. The zero-order chi connectivity index (χ0) is 15.7. The molecule has 1 amide bonds. The first-order valence-electron chi connectivity index (χ1n) is 6.79. The Morgan fingerprint density at radius 2 is 2.23 bits per heavy atom. The number of hydrogen-bond acceptors (Lipinski definition) is 5. The number of benzene rings is 1. The number of aromatic nitrogens is 2. The number of anilines is 1. The maximum atomic E-state index is 12.5. The lowest BCUT2D eigenvalue weighted by atomic mass is 10.1. The number of hydrogen-bond donors (Lipinski definition) is 1. The van der Waals surface area contributed by atoms with Gasteiger partial charge in [-0.15, -0.1) is 16.2 Å². The third kappa shape index (κ3) is 2.50. The molecule has 2 aromatic heterocycles. The molecule has 0 radical (unpaired) electrons. The van der Waals surface area contributed by atoms with Crippen LogP contribution in [0, 0.1) is 4.91 Å². The van der Waals surface area contributed by atoms with Crippen LogP contribution >= 0.6 is 11.3 Å². The molecule has 2 heterocycles. The molecule has 0 saturated carbocycles. The van der Waals surface area contributed by atoms with Gasteiger partial charge < -0.3 is 4.57 Å². The summed E-state index contributed by atoms with van der Waals surface area (Å²) in [5.41, 5.74) is 1.71. The van der Waals surface area contributed by atoms with E-state index in [9.17, 15) is 9.70 Å². The molecule has 112 valence electrons. The van der Waals surface area contributed by atoms with Crippen molar-refractivity contribution in [1.82, 2.24) is 9.55 Å². The van der Waals surface area contributed by atoms with Crippen molar-refractivity contribution in [2.45, 2.75) is 19.9 Å². The number of nitrogens with one attached hydrogen (secondary N) is 1. The van der Waals surface area contributed by atoms with E-state index in [1.165, 1.54) is 11.3 Å². The number of nitroso groups, excluding NO2 is 1. The Kier molecular flexibility index (Phi) is 3.72. The van der Waals surface area contributed by atoms with E-state index in [-0.39, 0.29) is 11.9 Å². The molecule has 3 aromatic rings. The number of carbonyl (C=O) groups is 1. The van der Waals surface area contributed by atoms with E-state index in [0.717, 1.165) is 10.9 Å². The number of amides is 1. The van der Waals surface area contributed by atoms with Crippen LogP contribution in [0.15, 0.2) is 41.1 Å². The minimum Gasteiger partial charge on any atom is -0.344 e. The standard InChI is InChI=1S/C15H14N4O2S/c1-9(2)19-8-12(14(20)17-15-16-5-6-22-15)11-4-3-10(18-21)7-13(11)19/h3-9H,1-2H3,(H,16,17,20). The Bertz CT molecular complexity index is 837. The summed E-state index contributed by atoms with van der Waals surface area (Å²) in [6.45, 7) is 4.03. The van der Waals surface area contributed by atoms with Crippen LogP contribution in [0.3, 0.4) is 0 Å². The van der Waals surface area contributed by atoms with Gasteiger partial charge in [-0.25, -0.2) is 4.98 Å². The predicted octanol–water partition coefficient (Wildman–Crippen LogP) is 4.33. The summed E-state index contributed by atoms with van der Waals surface area (Å²) < 4.78 is 1.96. The number of carbonyl (C=O) groups excluding carboxylic acids is 1. The van der Waals surface area contributed by atoms with Gasteiger partial charge in [0.15, 0.2) is 5.13 Å². The second kappa shape index (κ2) is 5.69. The Morgan fingerprint density at radius 3 is 2.86 bits per heavy atom. The minimum absolute atomic E-state index is 0.158. The molecule has 0 aliphatic heterocycles. The minimum atomic E-state index is -0.217. The highest BCUT2D eigenvalue weighted by Gasteiger charge is 2.17. The molecule has 0 atom stereocenters. The Morgan fingerprint density at radius 1 is 1.41 bits per heavy atom. The van der Waals surface area contributed by atoms with Crippen LogP contribution in [0.5, 0.6) is 0 Å². The zero-order valence-electron chi connectivity index (χ0n) is 12.1. The molecule has 6 nitrogen and oxygen atoms in total. The van der Waals surface area contributed by atoms with Crippen LogP contribution in [-0.2, 0) is 0 Å². The number of rotatable bonds is 4. The highest BCUT2D eigenvalue weighted by molar-refractivity contribution is 7.13. The molecule has 7 heteroatoms. The summed E-state index contributed by atoms with van der Waals surface area (Å²) in [5, 5.41) is 8.89. The van der Waals surface area contributed by atoms with Crippen molar-refractivity contribution in [2.24, 2.45) is 5.18 Å². The average molecular weight is 314 g/mol. The molecular weight excluding hydrogens is 300 g/mol. The van der Waals surface area contributed by atoms with Crippen LogP contribution in [-0.4, -0.2) is 15.5 Å². The van der Waals surface area contributed by atoms with E-state index in [2.05, 4.69) is 15.5 Å². The van der Waals surface area contributed by atoms with Crippen molar-refractivity contribution in [3.05, 3.63) is 46.4 Å². The van der Waals surface area contributed by atoms with E-state index in [1.807, 2.05) is 18.4 Å². The lowest BCUT2D eigenvalue weighted by Crippen LogP contribution is -2.11. The second-order valence-electron chi connectivity index (χ2n) is 5.13. The summed E-state index contributed by atoms with van der Waals surface area (Å²) in [6.07, 6.45) is 3.44. The van der Waals surface area contributed by atoms with Crippen molar-refractivity contribution >= 4 is 39.0 Å². The Hall–Kier alpha value is -2.54. The average Bonchev–Trinajstić information content (AvgIpc) is 3.13. The van der Waals surface area contributed by atoms with E-state index >= 15 is 0 Å². The molecule has 1 aromatic carbocycles. The molecule has 3 rings (SSSR count). The Balaban J connectivity index is 2.09. The van der Waals surface area contributed by atoms with Gasteiger partial charge in [0.1, 0.15) is 5.69 Å². The van der Waals surface area contributed by atoms with Crippen LogP contribution in [0.4, 0.5) is 10.8 Å². The Labute approximate surface area is 130 Å². The highest BCUT2D eigenvalue weighted by Crippen LogP contribution is 2.29. The molecule has 1 N–H and O–H groups in total. The van der Waals surface area contributed by atoms with Gasteiger partial charge in [-0.2, -0.15) is 0 Å². The summed E-state index contributed by atoms with van der Waals surface area (Å²) in [6, 6.07) is 5.22. The molecule has 0 bridgehead atoms. The fraction of sp³-hybridized carbons (Fsp3) is 0.200. The number of thiazole rings is 1. The monoisotopic (exact) mass is 314 g/mol. The third-order valence-electron chi connectivity index (χ3n) is 3.38. The highest BCUT2D eigenvalue weighted by atomic mass is 32.1. The van der Waals surface area contributed by atoms with Crippen LogP contribution in [0.2, 0.25) is 0 Å². The van der Waals surface area contributed by atoms with Crippen LogP contribution < -0.4 is 5.32 Å². The predicted molar refractivity (Wildman–Crippen MR) is 87.8 cm³/mol. The van der Waals surface area contributed by atoms with Gasteiger partial charge in [0.25, 0.3) is 5.91 Å². The third-order valence-corrected chi connectivity index (χ3v) is 4.07. The van der Waals surface area contributed by atoms with Gasteiger partial charge in [-0.05, 0) is 37.2 Å². The van der Waals surface area contributed by atoms with Crippen molar-refractivity contribution in [3.8, 4) is 0 Å². The smallest absolute Gasteiger partial charge is 0.259 e. The van der Waals surface area contributed by atoms with E-state index < -0.39 is 0 Å². The van der Waals surface area contributed by atoms with Crippen LogP contribution in [0.25, 0.3) is 10.9 Å². The first kappa shape index (κ1) is 14.4. The lowest BCUT2D eigenvalue weighted by molar-refractivity contribution is 0.102. The summed E-state index contributed by atoms with van der Waals surface area (Å²) in [5.74, 6) is -0.217. The first-order valence-corrected chi connectivity index (χ1v) is 7.67. The van der Waals surface area contributed by atoms with Crippen molar-refractivity contribution in [3.63, 3.8) is 0 Å². The van der Waals surface area contributed by atoms with Gasteiger partial charge >= 0.3 is 0 Å². The molecule has 22 heavy (non-hydrogen) atoms. The largest absolute Gasteiger partial charge is 0.344 e. The van der Waals surface area contributed by atoms with E-state index in [0.29, 0.717) is 16.4 Å².